The van der Waals surface area contributed by atoms with E-state index >= 15 is 0 Å². The highest BCUT2D eigenvalue weighted by Crippen LogP contribution is 2.43. The lowest BCUT2D eigenvalue weighted by molar-refractivity contribution is -0.122. The van der Waals surface area contributed by atoms with Gasteiger partial charge in [0.1, 0.15) is 11.5 Å². The quantitative estimate of drug-likeness (QED) is 0.0813. The fourth-order valence-electron chi connectivity index (χ4n) is 5.75. The third-order valence-electron chi connectivity index (χ3n) is 9.35. The zero-order valence-corrected chi connectivity index (χ0v) is 30.0. The lowest BCUT2D eigenvalue weighted by atomic mass is 10.00. The summed E-state index contributed by atoms with van der Waals surface area (Å²) in [6.07, 6.45) is 6.85. The summed E-state index contributed by atoms with van der Waals surface area (Å²) < 4.78 is 19.6. The zero-order chi connectivity index (χ0) is 33.9. The lowest BCUT2D eigenvalue weighted by Gasteiger charge is -2.42. The third-order valence-corrected chi connectivity index (χ3v) is 13.9. The first-order valence-corrected chi connectivity index (χ1v) is 19.9. The molecule has 252 valence electrons. The number of benzene rings is 3. The van der Waals surface area contributed by atoms with Gasteiger partial charge in [0.15, 0.2) is 8.32 Å². The zero-order valence-electron chi connectivity index (χ0n) is 29.0. The predicted octanol–water partition coefficient (Wildman–Crippen LogP) is 9.23. The Balaban J connectivity index is 1.63. The molecule has 0 aromatic heterocycles. The van der Waals surface area contributed by atoms with Gasteiger partial charge >= 0.3 is 0 Å². The van der Waals surface area contributed by atoms with E-state index < -0.39 is 8.32 Å². The van der Waals surface area contributed by atoms with Crippen LogP contribution in [-0.2, 0) is 20.4 Å². The predicted molar refractivity (Wildman–Crippen MR) is 195 cm³/mol. The summed E-state index contributed by atoms with van der Waals surface area (Å²) in [5, 5.41) is 7.27. The summed E-state index contributed by atoms with van der Waals surface area (Å²) in [7, 11) is -2.22. The molecule has 0 aliphatic heterocycles. The molecule has 0 fully saturated rings. The summed E-state index contributed by atoms with van der Waals surface area (Å²) in [6, 6.07) is 26.3. The molecule has 0 radical (unpaired) electrons. The van der Waals surface area contributed by atoms with Crippen LogP contribution in [0.1, 0.15) is 75.3 Å². The van der Waals surface area contributed by atoms with E-state index in [4.69, 9.17) is 13.9 Å². The fraction of sp³-hybridized carbons (Fsp3) is 0.425. The number of carbonyl (C=O) groups excluding carboxylic acids is 1. The van der Waals surface area contributed by atoms with E-state index in [9.17, 15) is 4.79 Å². The molecule has 7 heteroatoms. The Hall–Kier alpha value is -3.49. The van der Waals surface area contributed by atoms with Crippen LogP contribution in [0.5, 0.6) is 11.5 Å². The van der Waals surface area contributed by atoms with Crippen molar-refractivity contribution < 1.29 is 18.7 Å². The van der Waals surface area contributed by atoms with Crippen LogP contribution < -0.4 is 15.4 Å². The summed E-state index contributed by atoms with van der Waals surface area (Å²) >= 11 is 0. The number of para-hydroxylation sites is 1. The van der Waals surface area contributed by atoms with Crippen molar-refractivity contribution in [2.45, 2.75) is 95.3 Å². The van der Waals surface area contributed by atoms with Gasteiger partial charge in [-0.25, -0.2) is 0 Å². The van der Waals surface area contributed by atoms with E-state index in [1.807, 2.05) is 60.7 Å². The molecular weight excluding hydrogens is 601 g/mol. The van der Waals surface area contributed by atoms with Crippen LogP contribution in [0.3, 0.4) is 0 Å². The molecule has 4 atom stereocenters. The van der Waals surface area contributed by atoms with Gasteiger partial charge in [-0.05, 0) is 84.8 Å². The minimum atomic E-state index is -2.22. The van der Waals surface area contributed by atoms with Gasteiger partial charge in [-0.3, -0.25) is 4.79 Å². The van der Waals surface area contributed by atoms with E-state index in [-0.39, 0.29) is 35.2 Å². The van der Waals surface area contributed by atoms with Crippen LogP contribution in [-0.4, -0.2) is 39.5 Å². The number of fused-ring (bicyclic) bond motifs is 1. The first-order valence-electron chi connectivity index (χ1n) is 17.0. The number of unbranched alkanes of at least 4 members (excludes halogenated alkanes) is 1. The summed E-state index contributed by atoms with van der Waals surface area (Å²) in [5.74, 6) is 1.63. The van der Waals surface area contributed by atoms with Crippen molar-refractivity contribution >= 4 is 14.2 Å². The van der Waals surface area contributed by atoms with Crippen molar-refractivity contribution in [3.63, 3.8) is 0 Å². The number of allylic oxidation sites excluding steroid dienone is 1. The Bertz CT molecular complexity index is 1440. The maximum Gasteiger partial charge on any atom is 0.220 e. The van der Waals surface area contributed by atoms with Crippen LogP contribution in [0, 0.1) is 0 Å². The van der Waals surface area contributed by atoms with E-state index in [1.54, 1.807) is 6.08 Å². The van der Waals surface area contributed by atoms with Gasteiger partial charge in [0, 0.05) is 19.0 Å². The largest absolute Gasteiger partial charge is 0.457 e. The van der Waals surface area contributed by atoms with E-state index in [0.29, 0.717) is 26.0 Å². The highest BCUT2D eigenvalue weighted by molar-refractivity contribution is 6.74. The molecule has 1 aliphatic carbocycles. The fourth-order valence-corrected chi connectivity index (χ4v) is 7.11. The van der Waals surface area contributed by atoms with Gasteiger partial charge in [0.2, 0.25) is 5.91 Å². The normalized spacial score (nSPS) is 17.4. The number of ether oxygens (including phenoxy) is 2. The Kier molecular flexibility index (Phi) is 13.2. The van der Waals surface area contributed by atoms with Crippen molar-refractivity contribution in [1.82, 2.24) is 10.6 Å². The first kappa shape index (κ1) is 36.3. The van der Waals surface area contributed by atoms with Gasteiger partial charge < -0.3 is 24.5 Å². The number of hydrogen-bond acceptors (Lipinski definition) is 5. The van der Waals surface area contributed by atoms with E-state index in [2.05, 4.69) is 81.9 Å². The molecule has 2 unspecified atom stereocenters. The van der Waals surface area contributed by atoms with Crippen molar-refractivity contribution in [1.29, 1.82) is 0 Å². The van der Waals surface area contributed by atoms with Crippen LogP contribution in [0.4, 0.5) is 0 Å². The molecule has 1 aliphatic rings. The number of hydrogen-bond donors (Lipinski definition) is 2. The van der Waals surface area contributed by atoms with Crippen molar-refractivity contribution in [3.05, 3.63) is 121 Å². The minimum absolute atomic E-state index is 0.00375. The molecule has 1 amide bonds. The molecule has 0 spiro atoms. The maximum absolute atomic E-state index is 13.3. The summed E-state index contributed by atoms with van der Waals surface area (Å²) in [4.78, 5) is 13.3. The number of nitrogens with one attached hydrogen (secondary N) is 2. The maximum atomic E-state index is 13.3. The average Bonchev–Trinajstić information content (AvgIpc) is 3.38. The standard InChI is InChI=1S/C40H54N2O4Si/c1-8-10-13-22-39(43)42-36(26-30-18-14-11-15-19-30)38(46-47(6,7)40(3,4)5)29-41-35-28-37(44-25-9-2)33-24-23-32(27-34(33)35)45-31-20-16-12-17-21-31/h8-9,11-12,14-21,23-24,27,35-38,41H,1-2,10,13,22,25-26,28-29H2,3-7H3,(H,42,43)/t35?,36-,37?,38-/m0/s1. The molecule has 3 aromatic carbocycles. The average molecular weight is 655 g/mol. The van der Waals surface area contributed by atoms with E-state index in [1.165, 1.54) is 5.56 Å². The van der Waals surface area contributed by atoms with Gasteiger partial charge in [0.05, 0.1) is 24.9 Å². The SMILES string of the molecule is C=CCCCC(=O)N[C@@H](Cc1ccccc1)[C@H](CNC1CC(OCC=C)c2ccc(Oc3ccccc3)cc21)O[Si](C)(C)C(C)(C)C. The Morgan fingerprint density at radius 3 is 2.32 bits per heavy atom. The topological polar surface area (TPSA) is 68.8 Å². The third kappa shape index (κ3) is 10.5. The van der Waals surface area contributed by atoms with Crippen LogP contribution in [0.25, 0.3) is 0 Å². The van der Waals surface area contributed by atoms with Crippen LogP contribution in [0.15, 0.2) is 104 Å². The summed E-state index contributed by atoms with van der Waals surface area (Å²) in [5.41, 5.74) is 3.48. The molecule has 0 heterocycles. The highest BCUT2D eigenvalue weighted by Gasteiger charge is 2.42. The van der Waals surface area contributed by atoms with Gasteiger partial charge in [-0.15, -0.1) is 13.2 Å². The second-order valence-corrected chi connectivity index (χ2v) is 18.7. The number of amides is 1. The van der Waals surface area contributed by atoms with Crippen LogP contribution >= 0.6 is 0 Å². The molecule has 4 rings (SSSR count). The molecule has 0 bridgehead atoms. The molecule has 2 N–H and O–H groups in total. The summed E-state index contributed by atoms with van der Waals surface area (Å²) in [6.45, 7) is 20.1. The molecular formula is C40H54N2O4Si. The second-order valence-electron chi connectivity index (χ2n) is 14.0. The molecule has 47 heavy (non-hydrogen) atoms. The Morgan fingerprint density at radius 2 is 1.66 bits per heavy atom. The highest BCUT2D eigenvalue weighted by atomic mass is 28.4. The van der Waals surface area contributed by atoms with Gasteiger partial charge in [0.25, 0.3) is 0 Å². The molecule has 6 nitrogen and oxygen atoms in total. The van der Waals surface area contributed by atoms with Gasteiger partial charge in [-0.2, -0.15) is 0 Å². The Labute approximate surface area is 283 Å². The molecule has 0 saturated heterocycles. The lowest BCUT2D eigenvalue weighted by Crippen LogP contribution is -2.55. The number of rotatable bonds is 18. The van der Waals surface area contributed by atoms with Crippen LogP contribution in [0.2, 0.25) is 18.1 Å². The monoisotopic (exact) mass is 654 g/mol. The van der Waals surface area contributed by atoms with Crippen molar-refractivity contribution in [3.8, 4) is 11.5 Å². The molecule has 3 aromatic rings. The first-order chi connectivity index (χ1) is 22.5. The van der Waals surface area contributed by atoms with Crippen molar-refractivity contribution in [2.75, 3.05) is 13.2 Å². The molecule has 0 saturated carbocycles. The second kappa shape index (κ2) is 17.1. The van der Waals surface area contributed by atoms with E-state index in [0.717, 1.165) is 41.9 Å². The smallest absolute Gasteiger partial charge is 0.220 e. The van der Waals surface area contributed by atoms with Gasteiger partial charge in [-0.1, -0.05) is 87.5 Å². The Morgan fingerprint density at radius 1 is 0.957 bits per heavy atom. The number of carbonyl (C=O) groups is 1. The van der Waals surface area contributed by atoms with Crippen molar-refractivity contribution in [2.24, 2.45) is 0 Å². The minimum Gasteiger partial charge on any atom is -0.457 e.